The Morgan fingerprint density at radius 3 is 2.97 bits per heavy atom. The molecule has 1 N–H and O–H groups in total. The number of benzene rings is 1. The van der Waals surface area contributed by atoms with Crippen LogP contribution in [-0.4, -0.2) is 51.4 Å². The van der Waals surface area contributed by atoms with Crippen molar-refractivity contribution in [3.63, 3.8) is 0 Å². The smallest absolute Gasteiger partial charge is 0.257 e. The number of likely N-dealkylation sites (N-methyl/N-ethyl adjacent to an activating group) is 1. The van der Waals surface area contributed by atoms with E-state index in [9.17, 15) is 9.18 Å². The number of hydrogen-bond acceptors (Lipinski definition) is 5. The number of hydrogen-bond donors (Lipinski definition) is 1. The number of halogens is 1. The molecule has 7 nitrogen and oxygen atoms in total. The van der Waals surface area contributed by atoms with E-state index in [0.717, 1.165) is 35.8 Å². The summed E-state index contributed by atoms with van der Waals surface area (Å²) in [6.07, 6.45) is 5.01. The van der Waals surface area contributed by atoms with E-state index in [1.54, 1.807) is 4.90 Å². The molecule has 4 rings (SSSR count). The number of aromatic nitrogens is 3. The highest BCUT2D eigenvalue weighted by molar-refractivity contribution is 5.95. The van der Waals surface area contributed by atoms with Crippen molar-refractivity contribution in [3.8, 4) is 6.07 Å². The van der Waals surface area contributed by atoms with Crippen LogP contribution in [0.5, 0.6) is 0 Å². The van der Waals surface area contributed by atoms with Crippen LogP contribution in [-0.2, 0) is 0 Å². The molecule has 0 aliphatic carbocycles. The van der Waals surface area contributed by atoms with Gasteiger partial charge in [0.25, 0.3) is 5.91 Å². The molecule has 3 heterocycles. The molecule has 1 saturated heterocycles. The summed E-state index contributed by atoms with van der Waals surface area (Å²) in [7, 11) is 1.93. The van der Waals surface area contributed by atoms with Crippen molar-refractivity contribution in [2.75, 3.05) is 18.5 Å². The van der Waals surface area contributed by atoms with E-state index < -0.39 is 5.82 Å². The molecule has 2 atom stereocenters. The Labute approximate surface area is 167 Å². The van der Waals surface area contributed by atoms with Crippen LogP contribution < -0.4 is 4.90 Å². The zero-order valence-corrected chi connectivity index (χ0v) is 16.3. The van der Waals surface area contributed by atoms with Gasteiger partial charge >= 0.3 is 0 Å². The van der Waals surface area contributed by atoms with Crippen molar-refractivity contribution in [3.05, 3.63) is 53.7 Å². The zero-order chi connectivity index (χ0) is 20.5. The number of carbonyl (C=O) groups excluding carboxylic acids is 1. The molecule has 0 bridgehead atoms. The highest BCUT2D eigenvalue weighted by Gasteiger charge is 2.36. The van der Waals surface area contributed by atoms with E-state index in [1.807, 2.05) is 37.2 Å². The van der Waals surface area contributed by atoms with E-state index in [4.69, 9.17) is 5.26 Å². The third-order valence-electron chi connectivity index (χ3n) is 5.53. The predicted molar refractivity (Wildman–Crippen MR) is 107 cm³/mol. The monoisotopic (exact) mass is 392 g/mol. The van der Waals surface area contributed by atoms with Gasteiger partial charge < -0.3 is 14.8 Å². The summed E-state index contributed by atoms with van der Waals surface area (Å²) in [5.74, 6) is -0.220. The van der Waals surface area contributed by atoms with E-state index >= 15 is 0 Å². The van der Waals surface area contributed by atoms with Crippen LogP contribution in [0.15, 0.2) is 36.8 Å². The number of nitrogens with zero attached hydrogens (tertiary/aromatic N) is 5. The van der Waals surface area contributed by atoms with Gasteiger partial charge in [0, 0.05) is 31.9 Å². The summed E-state index contributed by atoms with van der Waals surface area (Å²) in [5.41, 5.74) is 0.957. The number of fused-ring (bicyclic) bond motifs is 1. The number of aromatic amines is 1. The summed E-state index contributed by atoms with van der Waals surface area (Å²) in [6.45, 7) is 2.56. The minimum absolute atomic E-state index is 0.000430. The number of carbonyl (C=O) groups is 1. The lowest BCUT2D eigenvalue weighted by Crippen LogP contribution is -2.45. The highest BCUT2D eigenvalue weighted by atomic mass is 19.1. The third-order valence-corrected chi connectivity index (χ3v) is 5.53. The Morgan fingerprint density at radius 2 is 2.21 bits per heavy atom. The Morgan fingerprint density at radius 1 is 1.38 bits per heavy atom. The second-order valence-corrected chi connectivity index (χ2v) is 7.42. The molecular weight excluding hydrogens is 371 g/mol. The Hall–Kier alpha value is -3.47. The number of rotatable bonds is 4. The van der Waals surface area contributed by atoms with E-state index in [0.29, 0.717) is 6.54 Å². The number of nitrogens with one attached hydrogen (secondary N) is 1. The molecule has 8 heteroatoms. The van der Waals surface area contributed by atoms with Gasteiger partial charge in [-0.1, -0.05) is 0 Å². The van der Waals surface area contributed by atoms with Crippen molar-refractivity contribution < 1.29 is 9.18 Å². The van der Waals surface area contributed by atoms with Crippen molar-refractivity contribution >= 4 is 22.8 Å². The van der Waals surface area contributed by atoms with Gasteiger partial charge in [-0.25, -0.2) is 14.4 Å². The largest absolute Gasteiger partial charge is 0.357 e. The lowest BCUT2D eigenvalue weighted by Gasteiger charge is -2.32. The highest BCUT2D eigenvalue weighted by Crippen LogP contribution is 2.29. The summed E-state index contributed by atoms with van der Waals surface area (Å²) >= 11 is 0. The first-order valence-electron chi connectivity index (χ1n) is 9.51. The Balaban J connectivity index is 1.58. The molecule has 0 saturated carbocycles. The number of nitriles is 1. The molecular formula is C21H21FN6O. The van der Waals surface area contributed by atoms with Crippen molar-refractivity contribution in [2.24, 2.45) is 0 Å². The molecule has 2 aromatic heterocycles. The second kappa shape index (κ2) is 7.51. The molecule has 1 fully saturated rings. The molecule has 1 amide bonds. The maximum absolute atomic E-state index is 14.4. The maximum Gasteiger partial charge on any atom is 0.257 e. The second-order valence-electron chi connectivity index (χ2n) is 7.42. The van der Waals surface area contributed by atoms with Crippen LogP contribution in [0.1, 0.15) is 35.7 Å². The number of amides is 1. The molecule has 0 spiro atoms. The van der Waals surface area contributed by atoms with Gasteiger partial charge in [0.2, 0.25) is 0 Å². The minimum Gasteiger partial charge on any atom is -0.357 e. The van der Waals surface area contributed by atoms with Gasteiger partial charge in [0.1, 0.15) is 23.6 Å². The first-order valence-corrected chi connectivity index (χ1v) is 9.51. The fraction of sp³-hybridized carbons (Fsp3) is 0.333. The van der Waals surface area contributed by atoms with Crippen molar-refractivity contribution in [1.82, 2.24) is 19.9 Å². The fourth-order valence-electron chi connectivity index (χ4n) is 4.08. The first-order chi connectivity index (χ1) is 14.0. The summed E-state index contributed by atoms with van der Waals surface area (Å²) in [6, 6.07) is 7.74. The third kappa shape index (κ3) is 3.40. The number of anilines is 1. The van der Waals surface area contributed by atoms with Crippen LogP contribution in [0.3, 0.4) is 0 Å². The van der Waals surface area contributed by atoms with Gasteiger partial charge in [-0.05, 0) is 44.0 Å². The van der Waals surface area contributed by atoms with Gasteiger partial charge in [-0.15, -0.1) is 0 Å². The molecule has 1 aromatic carbocycles. The maximum atomic E-state index is 14.4. The normalized spacial score (nSPS) is 18.8. The summed E-state index contributed by atoms with van der Waals surface area (Å²) in [5, 5.41) is 9.84. The standard InChI is InChI=1S/C21H21FN6O/c1-13-3-5-15(11-27(2)20-17-7-8-24-19(17)25-12-26-20)28(13)21(29)16-6-4-14(10-23)9-18(16)22/h4,6-9,12-13,15H,3,5,11H2,1-2H3,(H,24,25,26)/t13-,15+/m0/s1. The van der Waals surface area contributed by atoms with Crippen LogP contribution in [0.25, 0.3) is 11.0 Å². The predicted octanol–water partition coefficient (Wildman–Crippen LogP) is 3.10. The van der Waals surface area contributed by atoms with Crippen molar-refractivity contribution in [2.45, 2.75) is 31.8 Å². The first kappa shape index (κ1) is 18.9. The molecule has 0 radical (unpaired) electrons. The van der Waals surface area contributed by atoms with E-state index in [2.05, 4.69) is 15.0 Å². The Bertz CT molecular complexity index is 1100. The van der Waals surface area contributed by atoms with Gasteiger partial charge in [-0.3, -0.25) is 4.79 Å². The van der Waals surface area contributed by atoms with Crippen LogP contribution >= 0.6 is 0 Å². The SMILES string of the molecule is C[C@H]1CC[C@H](CN(C)c2ncnc3[nH]ccc23)N1C(=O)c1ccc(C#N)cc1F. The molecule has 3 aromatic rings. The molecule has 0 unspecified atom stereocenters. The molecule has 29 heavy (non-hydrogen) atoms. The van der Waals surface area contributed by atoms with E-state index in [-0.39, 0.29) is 29.1 Å². The van der Waals surface area contributed by atoms with E-state index in [1.165, 1.54) is 18.5 Å². The minimum atomic E-state index is -0.662. The quantitative estimate of drug-likeness (QED) is 0.737. The lowest BCUT2D eigenvalue weighted by atomic mass is 10.1. The topological polar surface area (TPSA) is 88.9 Å². The van der Waals surface area contributed by atoms with Crippen LogP contribution in [0.2, 0.25) is 0 Å². The number of likely N-dealkylation sites (tertiary alicyclic amines) is 1. The summed E-state index contributed by atoms with van der Waals surface area (Å²) in [4.78, 5) is 28.6. The van der Waals surface area contributed by atoms with Crippen molar-refractivity contribution in [1.29, 1.82) is 5.26 Å². The molecule has 1 aliphatic rings. The van der Waals surface area contributed by atoms with Crippen LogP contribution in [0, 0.1) is 17.1 Å². The molecule has 148 valence electrons. The lowest BCUT2D eigenvalue weighted by molar-refractivity contribution is 0.0680. The summed E-state index contributed by atoms with van der Waals surface area (Å²) < 4.78 is 14.4. The Kier molecular flexibility index (Phi) is 4.89. The van der Waals surface area contributed by atoms with Crippen LogP contribution in [0.4, 0.5) is 10.2 Å². The average Bonchev–Trinajstić information content (AvgIpc) is 3.33. The van der Waals surface area contributed by atoms with Gasteiger partial charge in [0.15, 0.2) is 0 Å². The van der Waals surface area contributed by atoms with Gasteiger partial charge in [0.05, 0.1) is 22.6 Å². The van der Waals surface area contributed by atoms with Gasteiger partial charge in [-0.2, -0.15) is 5.26 Å². The molecule has 1 aliphatic heterocycles. The zero-order valence-electron chi connectivity index (χ0n) is 16.3. The average molecular weight is 392 g/mol. The number of H-pyrrole nitrogens is 1. The fourth-order valence-corrected chi connectivity index (χ4v) is 4.08.